The van der Waals surface area contributed by atoms with Gasteiger partial charge in [-0.1, -0.05) is 13.8 Å². The first kappa shape index (κ1) is 16.7. The highest BCUT2D eigenvalue weighted by Gasteiger charge is 2.61. The van der Waals surface area contributed by atoms with Crippen molar-refractivity contribution in [3.63, 3.8) is 0 Å². The second-order valence-corrected chi connectivity index (χ2v) is 8.43. The molecule has 3 aliphatic rings. The minimum Gasteiger partial charge on any atom is -0.459 e. The zero-order valence-electron chi connectivity index (χ0n) is 14.7. The first-order chi connectivity index (χ1) is 10.7. The van der Waals surface area contributed by atoms with Gasteiger partial charge in [0, 0.05) is 24.2 Å². The Kier molecular flexibility index (Phi) is 3.93. The van der Waals surface area contributed by atoms with Gasteiger partial charge in [-0.15, -0.1) is 0 Å². The van der Waals surface area contributed by atoms with Gasteiger partial charge in [-0.05, 0) is 51.4 Å². The standard InChI is InChI=1S/C19H28O4/c1-11(20)7-10-19(4)14-8-9-18(3)13(5-6-15(18)21)16(14)12(2)17(22)23-19/h12-14,16H,5-10H2,1-4H3/t12-,13-,14-,16+,18+,19+/m0/s1. The van der Waals surface area contributed by atoms with Gasteiger partial charge in [-0.3, -0.25) is 9.59 Å². The highest BCUT2D eigenvalue weighted by molar-refractivity contribution is 5.87. The summed E-state index contributed by atoms with van der Waals surface area (Å²) < 4.78 is 5.84. The van der Waals surface area contributed by atoms with Gasteiger partial charge in [0.05, 0.1) is 5.92 Å². The summed E-state index contributed by atoms with van der Waals surface area (Å²) in [6.45, 7) is 7.64. The third-order valence-electron chi connectivity index (χ3n) is 7.08. The Morgan fingerprint density at radius 2 is 1.91 bits per heavy atom. The second kappa shape index (κ2) is 5.42. The van der Waals surface area contributed by atoms with Crippen LogP contribution in [0.3, 0.4) is 0 Å². The van der Waals surface area contributed by atoms with Gasteiger partial charge in [-0.2, -0.15) is 0 Å². The Morgan fingerprint density at radius 3 is 2.57 bits per heavy atom. The van der Waals surface area contributed by atoms with E-state index in [2.05, 4.69) is 6.92 Å². The van der Waals surface area contributed by atoms with Crippen LogP contribution in [0.2, 0.25) is 0 Å². The number of carbonyl (C=O) groups excluding carboxylic acids is 3. The van der Waals surface area contributed by atoms with Crippen LogP contribution in [0.4, 0.5) is 0 Å². The average Bonchev–Trinajstić information content (AvgIpc) is 2.78. The Bertz CT molecular complexity index is 554. The van der Waals surface area contributed by atoms with Crippen LogP contribution in [-0.4, -0.2) is 23.1 Å². The van der Waals surface area contributed by atoms with Crippen LogP contribution in [0.15, 0.2) is 0 Å². The Labute approximate surface area is 138 Å². The number of hydrogen-bond donors (Lipinski definition) is 0. The van der Waals surface area contributed by atoms with Crippen LogP contribution in [-0.2, 0) is 19.1 Å². The normalized spacial score (nSPS) is 46.1. The molecule has 3 fully saturated rings. The fraction of sp³-hybridized carbons (Fsp3) is 0.842. The summed E-state index contributed by atoms with van der Waals surface area (Å²) in [6, 6.07) is 0. The number of Topliss-reactive ketones (excluding diaryl/α,β-unsaturated/α-hetero) is 2. The van der Waals surface area contributed by atoms with Crippen LogP contribution in [0.25, 0.3) is 0 Å². The van der Waals surface area contributed by atoms with Crippen LogP contribution in [0.1, 0.15) is 66.2 Å². The summed E-state index contributed by atoms with van der Waals surface area (Å²) in [5.41, 5.74) is -0.818. The van der Waals surface area contributed by atoms with Crippen molar-refractivity contribution in [2.75, 3.05) is 0 Å². The lowest BCUT2D eigenvalue weighted by Gasteiger charge is -2.55. The van der Waals surface area contributed by atoms with Crippen molar-refractivity contribution in [3.8, 4) is 0 Å². The van der Waals surface area contributed by atoms with Crippen molar-refractivity contribution in [1.29, 1.82) is 0 Å². The number of rotatable bonds is 3. The number of fused-ring (bicyclic) bond motifs is 3. The highest BCUT2D eigenvalue weighted by Crippen LogP contribution is 2.60. The molecule has 1 aliphatic heterocycles. The molecule has 0 aromatic heterocycles. The predicted octanol–water partition coefficient (Wildman–Crippen LogP) is 3.32. The highest BCUT2D eigenvalue weighted by atomic mass is 16.6. The number of cyclic esters (lactones) is 1. The van der Waals surface area contributed by atoms with Gasteiger partial charge >= 0.3 is 5.97 Å². The maximum absolute atomic E-state index is 12.5. The monoisotopic (exact) mass is 320 g/mol. The molecule has 2 aliphatic carbocycles. The molecule has 0 aromatic rings. The topological polar surface area (TPSA) is 60.4 Å². The van der Waals surface area contributed by atoms with Gasteiger partial charge in [-0.25, -0.2) is 0 Å². The number of ether oxygens (including phenoxy) is 1. The summed E-state index contributed by atoms with van der Waals surface area (Å²) in [5, 5.41) is 0. The van der Waals surface area contributed by atoms with Crippen molar-refractivity contribution >= 4 is 17.5 Å². The smallest absolute Gasteiger partial charge is 0.309 e. The van der Waals surface area contributed by atoms with Gasteiger partial charge in [0.1, 0.15) is 17.2 Å². The molecule has 3 rings (SSSR count). The van der Waals surface area contributed by atoms with E-state index in [0.717, 1.165) is 19.3 Å². The molecule has 0 N–H and O–H groups in total. The number of esters is 1. The van der Waals surface area contributed by atoms with Crippen LogP contribution < -0.4 is 0 Å². The first-order valence-electron chi connectivity index (χ1n) is 8.94. The van der Waals surface area contributed by atoms with Gasteiger partial charge in [0.15, 0.2) is 0 Å². The van der Waals surface area contributed by atoms with Gasteiger partial charge in [0.25, 0.3) is 0 Å². The molecular formula is C19H28O4. The summed E-state index contributed by atoms with van der Waals surface area (Å²) >= 11 is 0. The van der Waals surface area contributed by atoms with Crippen LogP contribution in [0, 0.1) is 29.1 Å². The first-order valence-corrected chi connectivity index (χ1v) is 8.94. The molecule has 0 amide bonds. The maximum Gasteiger partial charge on any atom is 0.309 e. The lowest BCUT2D eigenvalue weighted by Crippen LogP contribution is -2.58. The van der Waals surface area contributed by atoms with E-state index in [9.17, 15) is 14.4 Å². The summed E-state index contributed by atoms with van der Waals surface area (Å²) in [6.07, 6.45) is 4.39. The number of ketones is 2. The molecule has 4 nitrogen and oxygen atoms in total. The van der Waals surface area contributed by atoms with E-state index >= 15 is 0 Å². The molecule has 0 radical (unpaired) electrons. The van der Waals surface area contributed by atoms with Crippen molar-refractivity contribution in [2.24, 2.45) is 29.1 Å². The second-order valence-electron chi connectivity index (χ2n) is 8.43. The van der Waals surface area contributed by atoms with Crippen LogP contribution in [0.5, 0.6) is 0 Å². The Morgan fingerprint density at radius 1 is 1.22 bits per heavy atom. The fourth-order valence-corrected chi connectivity index (χ4v) is 5.59. The van der Waals surface area contributed by atoms with Crippen LogP contribution >= 0.6 is 0 Å². The van der Waals surface area contributed by atoms with Crippen molar-refractivity contribution in [1.82, 2.24) is 0 Å². The molecule has 1 heterocycles. The summed E-state index contributed by atoms with van der Waals surface area (Å²) in [5.74, 6) is 0.957. The lowest BCUT2D eigenvalue weighted by molar-refractivity contribution is -0.207. The Balaban J connectivity index is 1.93. The van der Waals surface area contributed by atoms with E-state index in [-0.39, 0.29) is 40.8 Å². The molecule has 6 atom stereocenters. The third kappa shape index (κ3) is 2.45. The van der Waals surface area contributed by atoms with E-state index in [0.29, 0.717) is 25.0 Å². The molecule has 128 valence electrons. The molecular weight excluding hydrogens is 292 g/mol. The minimum absolute atomic E-state index is 0.133. The molecule has 0 spiro atoms. The Hall–Kier alpha value is -1.19. The number of carbonyl (C=O) groups is 3. The van der Waals surface area contributed by atoms with E-state index in [1.165, 1.54) is 0 Å². The maximum atomic E-state index is 12.5. The largest absolute Gasteiger partial charge is 0.459 e. The minimum atomic E-state index is -0.563. The zero-order chi connectivity index (χ0) is 17.0. The quantitative estimate of drug-likeness (QED) is 0.748. The SMILES string of the molecule is CC(=O)CC[C@@]1(C)OC(=O)[C@@H](C)[C@H]2[C@@H]1CC[C@@]1(C)C(=O)CC[C@@H]21. The van der Waals surface area contributed by atoms with Gasteiger partial charge in [0.2, 0.25) is 0 Å². The molecule has 0 aromatic carbocycles. The van der Waals surface area contributed by atoms with Crippen molar-refractivity contribution in [2.45, 2.75) is 71.8 Å². The lowest BCUT2D eigenvalue weighted by atomic mass is 9.52. The molecule has 4 heteroatoms. The average molecular weight is 320 g/mol. The summed E-state index contributed by atoms with van der Waals surface area (Å²) in [7, 11) is 0. The molecule has 23 heavy (non-hydrogen) atoms. The molecule has 0 bridgehead atoms. The molecule has 0 unspecified atom stereocenters. The predicted molar refractivity (Wildman–Crippen MR) is 85.6 cm³/mol. The van der Waals surface area contributed by atoms with Crippen molar-refractivity contribution < 1.29 is 19.1 Å². The van der Waals surface area contributed by atoms with E-state index in [1.54, 1.807) is 6.92 Å². The van der Waals surface area contributed by atoms with E-state index < -0.39 is 5.60 Å². The zero-order valence-corrected chi connectivity index (χ0v) is 14.7. The van der Waals surface area contributed by atoms with E-state index in [4.69, 9.17) is 4.74 Å². The van der Waals surface area contributed by atoms with Gasteiger partial charge < -0.3 is 9.53 Å². The fourth-order valence-electron chi connectivity index (χ4n) is 5.59. The molecule has 2 saturated carbocycles. The van der Waals surface area contributed by atoms with Crippen molar-refractivity contribution in [3.05, 3.63) is 0 Å². The number of hydrogen-bond acceptors (Lipinski definition) is 4. The third-order valence-corrected chi connectivity index (χ3v) is 7.08. The molecule has 1 saturated heterocycles. The van der Waals surface area contributed by atoms with E-state index in [1.807, 2.05) is 13.8 Å². The summed E-state index contributed by atoms with van der Waals surface area (Å²) in [4.78, 5) is 36.3.